The summed E-state index contributed by atoms with van der Waals surface area (Å²) in [5.41, 5.74) is 1.06. The summed E-state index contributed by atoms with van der Waals surface area (Å²) in [6.45, 7) is 2.29. The molecule has 2 aromatic rings. The molecule has 3 nitrogen and oxygen atoms in total. The van der Waals surface area contributed by atoms with E-state index >= 15 is 0 Å². The van der Waals surface area contributed by atoms with Gasteiger partial charge in [-0.3, -0.25) is 4.79 Å². The van der Waals surface area contributed by atoms with Crippen LogP contribution in [-0.2, 0) is 11.2 Å². The average Bonchev–Trinajstić information content (AvgIpc) is 2.54. The monoisotopic (exact) mass is 301 g/mol. The molecular weight excluding hydrogens is 281 g/mol. The lowest BCUT2D eigenvalue weighted by Crippen LogP contribution is -2.36. The van der Waals surface area contributed by atoms with E-state index in [0.717, 1.165) is 18.4 Å². The van der Waals surface area contributed by atoms with Crippen molar-refractivity contribution in [2.45, 2.75) is 25.9 Å². The molecule has 2 rings (SSSR count). The van der Waals surface area contributed by atoms with Gasteiger partial charge in [0, 0.05) is 6.54 Å². The number of rotatable bonds is 7. The molecule has 0 saturated carbocycles. The summed E-state index contributed by atoms with van der Waals surface area (Å²) in [6, 6.07) is 15.7. The van der Waals surface area contributed by atoms with E-state index in [1.807, 2.05) is 30.3 Å². The van der Waals surface area contributed by atoms with E-state index in [-0.39, 0.29) is 11.7 Å². The van der Waals surface area contributed by atoms with Crippen molar-refractivity contribution in [1.82, 2.24) is 5.32 Å². The van der Waals surface area contributed by atoms with E-state index in [1.54, 1.807) is 19.1 Å². The van der Waals surface area contributed by atoms with Gasteiger partial charge in [-0.25, -0.2) is 4.39 Å². The predicted octanol–water partition coefficient (Wildman–Crippen LogP) is 3.34. The second-order valence-corrected chi connectivity index (χ2v) is 5.09. The quantitative estimate of drug-likeness (QED) is 0.797. The molecule has 0 aliphatic heterocycles. The first-order chi connectivity index (χ1) is 10.6. The lowest BCUT2D eigenvalue weighted by molar-refractivity contribution is -0.127. The minimum absolute atomic E-state index is 0.136. The lowest BCUT2D eigenvalue weighted by Gasteiger charge is -2.14. The van der Waals surface area contributed by atoms with Crippen LogP contribution in [0.4, 0.5) is 4.39 Å². The fraction of sp³-hybridized carbons (Fsp3) is 0.278. The standard InChI is InChI=1S/C18H20FNO2/c1-14(22-17-7-3-2-4-8-17)18(21)20-13-5-6-15-9-11-16(19)12-10-15/h2-4,7-12,14H,5-6,13H2,1H3,(H,20,21). The number of para-hydroxylation sites is 1. The van der Waals surface area contributed by atoms with E-state index < -0.39 is 6.10 Å². The van der Waals surface area contributed by atoms with Gasteiger partial charge in [0.2, 0.25) is 0 Å². The van der Waals surface area contributed by atoms with Crippen molar-refractivity contribution in [3.05, 3.63) is 66.0 Å². The van der Waals surface area contributed by atoms with Gasteiger partial charge in [0.25, 0.3) is 5.91 Å². The minimum Gasteiger partial charge on any atom is -0.481 e. The van der Waals surface area contributed by atoms with Crippen molar-refractivity contribution in [3.63, 3.8) is 0 Å². The van der Waals surface area contributed by atoms with Gasteiger partial charge in [0.05, 0.1) is 0 Å². The van der Waals surface area contributed by atoms with Crippen molar-refractivity contribution in [2.75, 3.05) is 6.54 Å². The number of hydrogen-bond acceptors (Lipinski definition) is 2. The second kappa shape index (κ2) is 8.17. The Kier molecular flexibility index (Phi) is 5.95. The van der Waals surface area contributed by atoms with Crippen LogP contribution in [0.5, 0.6) is 5.75 Å². The van der Waals surface area contributed by atoms with Gasteiger partial charge < -0.3 is 10.1 Å². The molecule has 4 heteroatoms. The third kappa shape index (κ3) is 5.20. The van der Waals surface area contributed by atoms with Crippen LogP contribution in [-0.4, -0.2) is 18.6 Å². The molecule has 0 saturated heterocycles. The molecule has 1 amide bonds. The molecule has 0 aliphatic carbocycles. The van der Waals surface area contributed by atoms with E-state index in [0.29, 0.717) is 12.3 Å². The van der Waals surface area contributed by atoms with Crippen molar-refractivity contribution >= 4 is 5.91 Å². The van der Waals surface area contributed by atoms with E-state index in [1.165, 1.54) is 12.1 Å². The molecular formula is C18H20FNO2. The molecule has 0 aromatic heterocycles. The molecule has 0 fully saturated rings. The zero-order valence-corrected chi connectivity index (χ0v) is 12.6. The summed E-state index contributed by atoms with van der Waals surface area (Å²) in [6.07, 6.45) is 1.07. The Morgan fingerprint density at radius 3 is 2.50 bits per heavy atom. The SMILES string of the molecule is CC(Oc1ccccc1)C(=O)NCCCc1ccc(F)cc1. The first-order valence-corrected chi connectivity index (χ1v) is 7.39. The van der Waals surface area contributed by atoms with Gasteiger partial charge in [0.1, 0.15) is 11.6 Å². The van der Waals surface area contributed by atoms with Crippen LogP contribution in [0.15, 0.2) is 54.6 Å². The van der Waals surface area contributed by atoms with E-state index in [9.17, 15) is 9.18 Å². The minimum atomic E-state index is -0.534. The molecule has 0 bridgehead atoms. The highest BCUT2D eigenvalue weighted by atomic mass is 19.1. The lowest BCUT2D eigenvalue weighted by atomic mass is 10.1. The summed E-state index contributed by atoms with van der Waals surface area (Å²) >= 11 is 0. The van der Waals surface area contributed by atoms with E-state index in [4.69, 9.17) is 4.74 Å². The third-order valence-electron chi connectivity index (χ3n) is 3.28. The smallest absolute Gasteiger partial charge is 0.260 e. The highest BCUT2D eigenvalue weighted by Crippen LogP contribution is 2.10. The molecule has 1 atom stereocenters. The van der Waals surface area contributed by atoms with Crippen molar-refractivity contribution in [1.29, 1.82) is 0 Å². The highest BCUT2D eigenvalue weighted by Gasteiger charge is 2.13. The summed E-state index contributed by atoms with van der Waals surface area (Å²) < 4.78 is 18.3. The number of aryl methyl sites for hydroxylation is 1. The number of halogens is 1. The van der Waals surface area contributed by atoms with Gasteiger partial charge in [-0.05, 0) is 49.6 Å². The van der Waals surface area contributed by atoms with Crippen molar-refractivity contribution in [3.8, 4) is 5.75 Å². The molecule has 0 aliphatic rings. The van der Waals surface area contributed by atoms with Gasteiger partial charge in [0.15, 0.2) is 6.10 Å². The van der Waals surface area contributed by atoms with Crippen LogP contribution >= 0.6 is 0 Å². The van der Waals surface area contributed by atoms with Crippen LogP contribution in [0, 0.1) is 5.82 Å². The Balaban J connectivity index is 1.67. The van der Waals surface area contributed by atoms with Gasteiger partial charge in [-0.1, -0.05) is 30.3 Å². The Hall–Kier alpha value is -2.36. The molecule has 2 aromatic carbocycles. The van der Waals surface area contributed by atoms with Crippen LogP contribution in [0.25, 0.3) is 0 Å². The topological polar surface area (TPSA) is 38.3 Å². The fourth-order valence-electron chi connectivity index (χ4n) is 2.06. The molecule has 0 heterocycles. The summed E-state index contributed by atoms with van der Waals surface area (Å²) in [5, 5.41) is 2.85. The maximum atomic E-state index is 12.8. The number of carbonyl (C=O) groups excluding carboxylic acids is 1. The Bertz CT molecular complexity index is 584. The zero-order chi connectivity index (χ0) is 15.8. The predicted molar refractivity (Wildman–Crippen MR) is 84.3 cm³/mol. The number of ether oxygens (including phenoxy) is 1. The summed E-state index contributed by atoms with van der Waals surface area (Å²) in [5.74, 6) is 0.309. The number of benzene rings is 2. The van der Waals surface area contributed by atoms with Gasteiger partial charge in [-0.15, -0.1) is 0 Å². The van der Waals surface area contributed by atoms with E-state index in [2.05, 4.69) is 5.32 Å². The Morgan fingerprint density at radius 2 is 1.82 bits per heavy atom. The largest absolute Gasteiger partial charge is 0.481 e. The molecule has 0 spiro atoms. The maximum Gasteiger partial charge on any atom is 0.260 e. The number of amides is 1. The second-order valence-electron chi connectivity index (χ2n) is 5.09. The van der Waals surface area contributed by atoms with Crippen LogP contribution in [0.2, 0.25) is 0 Å². The molecule has 1 N–H and O–H groups in total. The molecule has 22 heavy (non-hydrogen) atoms. The first-order valence-electron chi connectivity index (χ1n) is 7.39. The number of hydrogen-bond donors (Lipinski definition) is 1. The zero-order valence-electron chi connectivity index (χ0n) is 12.6. The van der Waals surface area contributed by atoms with Gasteiger partial charge >= 0.3 is 0 Å². The molecule has 116 valence electrons. The van der Waals surface area contributed by atoms with Crippen molar-refractivity contribution in [2.24, 2.45) is 0 Å². The first kappa shape index (κ1) is 16.0. The number of carbonyl (C=O) groups is 1. The Labute approximate surface area is 130 Å². The van der Waals surface area contributed by atoms with Crippen LogP contribution < -0.4 is 10.1 Å². The number of nitrogens with one attached hydrogen (secondary N) is 1. The Morgan fingerprint density at radius 1 is 1.14 bits per heavy atom. The fourth-order valence-corrected chi connectivity index (χ4v) is 2.06. The van der Waals surface area contributed by atoms with Gasteiger partial charge in [-0.2, -0.15) is 0 Å². The normalized spacial score (nSPS) is 11.7. The summed E-state index contributed by atoms with van der Waals surface area (Å²) in [7, 11) is 0. The highest BCUT2D eigenvalue weighted by molar-refractivity contribution is 5.80. The molecule has 0 radical (unpaired) electrons. The van der Waals surface area contributed by atoms with Crippen molar-refractivity contribution < 1.29 is 13.9 Å². The summed E-state index contributed by atoms with van der Waals surface area (Å²) in [4.78, 5) is 11.9. The average molecular weight is 301 g/mol. The molecule has 1 unspecified atom stereocenters. The third-order valence-corrected chi connectivity index (χ3v) is 3.28. The van der Waals surface area contributed by atoms with Crippen LogP contribution in [0.1, 0.15) is 18.9 Å². The maximum absolute atomic E-state index is 12.8. The van der Waals surface area contributed by atoms with Crippen LogP contribution in [0.3, 0.4) is 0 Å².